The van der Waals surface area contributed by atoms with Crippen molar-refractivity contribution in [1.29, 1.82) is 0 Å². The van der Waals surface area contributed by atoms with Crippen LogP contribution in [0.25, 0.3) is 0 Å². The van der Waals surface area contributed by atoms with E-state index in [1.807, 2.05) is 36.7 Å². The Labute approximate surface area is 60.7 Å². The van der Waals surface area contributed by atoms with Crippen LogP contribution in [0.4, 0.5) is 0 Å². The SMILES string of the molecule is C1=CC=CNC=C1.Cl.O. The Morgan fingerprint density at radius 3 is 1.67 bits per heavy atom. The summed E-state index contributed by atoms with van der Waals surface area (Å²) in [6, 6.07) is 0. The minimum absolute atomic E-state index is 0. The summed E-state index contributed by atoms with van der Waals surface area (Å²) in [5, 5.41) is 2.92. The molecule has 9 heavy (non-hydrogen) atoms. The van der Waals surface area contributed by atoms with E-state index in [2.05, 4.69) is 5.32 Å². The molecule has 0 aromatic heterocycles. The predicted octanol–water partition coefficient (Wildman–Crippen LogP) is 0.770. The summed E-state index contributed by atoms with van der Waals surface area (Å²) < 4.78 is 0. The van der Waals surface area contributed by atoms with Crippen LogP contribution in [-0.4, -0.2) is 5.48 Å². The van der Waals surface area contributed by atoms with E-state index < -0.39 is 0 Å². The van der Waals surface area contributed by atoms with Crippen molar-refractivity contribution in [3.8, 4) is 0 Å². The Morgan fingerprint density at radius 2 is 1.22 bits per heavy atom. The van der Waals surface area contributed by atoms with Gasteiger partial charge in [-0.3, -0.25) is 0 Å². The van der Waals surface area contributed by atoms with Crippen LogP contribution in [0.2, 0.25) is 0 Å². The summed E-state index contributed by atoms with van der Waals surface area (Å²) in [7, 11) is 0. The van der Waals surface area contributed by atoms with Crippen LogP contribution in [0.3, 0.4) is 0 Å². The van der Waals surface area contributed by atoms with Gasteiger partial charge in [0.25, 0.3) is 0 Å². The highest BCUT2D eigenvalue weighted by Gasteiger charge is 1.67. The first-order valence-electron chi connectivity index (χ1n) is 2.24. The fraction of sp³-hybridized carbons (Fsp3) is 0. The minimum atomic E-state index is 0. The van der Waals surface area contributed by atoms with E-state index in [1.54, 1.807) is 0 Å². The summed E-state index contributed by atoms with van der Waals surface area (Å²) >= 11 is 0. The van der Waals surface area contributed by atoms with Gasteiger partial charge in [0.2, 0.25) is 0 Å². The Morgan fingerprint density at radius 1 is 0.778 bits per heavy atom. The zero-order valence-corrected chi connectivity index (χ0v) is 5.69. The quantitative estimate of drug-likeness (QED) is 0.541. The van der Waals surface area contributed by atoms with Crippen molar-refractivity contribution in [3.05, 3.63) is 36.7 Å². The second-order valence-electron chi connectivity index (χ2n) is 1.27. The molecule has 1 rings (SSSR count). The summed E-state index contributed by atoms with van der Waals surface area (Å²) in [5.74, 6) is 0. The van der Waals surface area contributed by atoms with Crippen LogP contribution in [-0.2, 0) is 0 Å². The Kier molecular flexibility index (Phi) is 8.98. The number of rotatable bonds is 0. The highest BCUT2D eigenvalue weighted by molar-refractivity contribution is 5.85. The molecule has 1 heterocycles. The van der Waals surface area contributed by atoms with Crippen LogP contribution in [0.1, 0.15) is 0 Å². The number of halogens is 1. The van der Waals surface area contributed by atoms with E-state index in [4.69, 9.17) is 0 Å². The van der Waals surface area contributed by atoms with Crippen molar-refractivity contribution in [1.82, 2.24) is 5.32 Å². The molecule has 0 amide bonds. The lowest BCUT2D eigenvalue weighted by Gasteiger charge is -1.79. The van der Waals surface area contributed by atoms with E-state index >= 15 is 0 Å². The van der Waals surface area contributed by atoms with Crippen molar-refractivity contribution in [3.63, 3.8) is 0 Å². The molecule has 52 valence electrons. The monoisotopic (exact) mass is 147 g/mol. The predicted molar refractivity (Wildman–Crippen MR) is 41.4 cm³/mol. The Balaban J connectivity index is 0. The van der Waals surface area contributed by atoms with Gasteiger partial charge in [-0.2, -0.15) is 0 Å². The molecule has 0 aliphatic carbocycles. The van der Waals surface area contributed by atoms with Gasteiger partial charge >= 0.3 is 0 Å². The lowest BCUT2D eigenvalue weighted by atomic mass is 10.5. The fourth-order valence-corrected chi connectivity index (χ4v) is 0.406. The smallest absolute Gasteiger partial charge is 0.000442 e. The molecule has 0 spiro atoms. The summed E-state index contributed by atoms with van der Waals surface area (Å²) in [5.41, 5.74) is 0. The molecule has 1 aliphatic heterocycles. The van der Waals surface area contributed by atoms with Crippen LogP contribution >= 0.6 is 12.4 Å². The van der Waals surface area contributed by atoms with E-state index in [-0.39, 0.29) is 17.9 Å². The standard InChI is InChI=1S/C6H7N.ClH.H2O/c1-2-4-6-7-5-3-1;;/h1-7H;1H;1H2. The van der Waals surface area contributed by atoms with Crippen LogP contribution in [0.15, 0.2) is 36.7 Å². The molecule has 0 aromatic carbocycles. The topological polar surface area (TPSA) is 43.5 Å². The van der Waals surface area contributed by atoms with Gasteiger partial charge in [0.15, 0.2) is 0 Å². The maximum atomic E-state index is 2.92. The first-order valence-corrected chi connectivity index (χ1v) is 2.24. The minimum Gasteiger partial charge on any atom is -0.412 e. The molecule has 0 saturated heterocycles. The fourth-order valence-electron chi connectivity index (χ4n) is 0.406. The molecule has 1 aliphatic rings. The van der Waals surface area contributed by atoms with Gasteiger partial charge in [0.1, 0.15) is 0 Å². The van der Waals surface area contributed by atoms with E-state index in [1.165, 1.54) is 0 Å². The van der Waals surface area contributed by atoms with E-state index in [0.29, 0.717) is 0 Å². The van der Waals surface area contributed by atoms with E-state index in [0.717, 1.165) is 0 Å². The van der Waals surface area contributed by atoms with Crippen LogP contribution < -0.4 is 5.32 Å². The van der Waals surface area contributed by atoms with Gasteiger partial charge in [0.05, 0.1) is 0 Å². The van der Waals surface area contributed by atoms with E-state index in [9.17, 15) is 0 Å². The highest BCUT2D eigenvalue weighted by Crippen LogP contribution is 1.81. The van der Waals surface area contributed by atoms with Crippen molar-refractivity contribution in [2.75, 3.05) is 0 Å². The molecular weight excluding hydrogens is 138 g/mol. The molecule has 0 bridgehead atoms. The maximum Gasteiger partial charge on any atom is 0.000442 e. The molecule has 3 heteroatoms. The van der Waals surface area contributed by atoms with Gasteiger partial charge in [-0.15, -0.1) is 12.4 Å². The molecule has 0 radical (unpaired) electrons. The first kappa shape index (κ1) is 11.1. The summed E-state index contributed by atoms with van der Waals surface area (Å²) in [6.07, 6.45) is 11.6. The zero-order valence-electron chi connectivity index (χ0n) is 4.87. The molecule has 0 fully saturated rings. The molecule has 3 N–H and O–H groups in total. The van der Waals surface area contributed by atoms with Crippen LogP contribution in [0.5, 0.6) is 0 Å². The number of hydrogen-bond acceptors (Lipinski definition) is 1. The number of nitrogens with one attached hydrogen (secondary N) is 1. The maximum absolute atomic E-state index is 2.92. The second kappa shape index (κ2) is 7.27. The van der Waals surface area contributed by atoms with Crippen LogP contribution in [0, 0.1) is 0 Å². The third-order valence-electron chi connectivity index (χ3n) is 0.718. The van der Waals surface area contributed by atoms with Crippen molar-refractivity contribution in [2.45, 2.75) is 0 Å². The van der Waals surface area contributed by atoms with Gasteiger partial charge in [-0.25, -0.2) is 0 Å². The largest absolute Gasteiger partial charge is 0.412 e. The lowest BCUT2D eigenvalue weighted by Crippen LogP contribution is -1.87. The third kappa shape index (κ3) is 5.14. The Bertz CT molecular complexity index is 115. The molecular formula is C6H10ClNO. The first-order chi connectivity index (χ1) is 3.50. The summed E-state index contributed by atoms with van der Waals surface area (Å²) in [6.45, 7) is 0. The Hall–Kier alpha value is -0.730. The molecule has 0 unspecified atom stereocenters. The molecule has 0 saturated carbocycles. The highest BCUT2D eigenvalue weighted by atomic mass is 35.5. The zero-order chi connectivity index (χ0) is 4.95. The third-order valence-corrected chi connectivity index (χ3v) is 0.718. The van der Waals surface area contributed by atoms with Gasteiger partial charge in [-0.1, -0.05) is 12.2 Å². The molecule has 0 atom stereocenters. The average molecular weight is 148 g/mol. The van der Waals surface area contributed by atoms with Crippen molar-refractivity contribution >= 4 is 12.4 Å². The molecule has 2 nitrogen and oxygen atoms in total. The number of allylic oxidation sites excluding steroid dienone is 4. The average Bonchev–Trinajstić information content (AvgIpc) is 1.90. The van der Waals surface area contributed by atoms with Crippen molar-refractivity contribution < 1.29 is 5.48 Å². The van der Waals surface area contributed by atoms with Gasteiger partial charge < -0.3 is 10.8 Å². The van der Waals surface area contributed by atoms with Gasteiger partial charge in [0, 0.05) is 12.4 Å². The number of hydrogen-bond donors (Lipinski definition) is 1. The van der Waals surface area contributed by atoms with Crippen molar-refractivity contribution in [2.24, 2.45) is 0 Å². The van der Waals surface area contributed by atoms with Gasteiger partial charge in [-0.05, 0) is 12.2 Å². The normalized spacial score (nSPS) is 12.4. The lowest BCUT2D eigenvalue weighted by molar-refractivity contribution is 0.824. The second-order valence-corrected chi connectivity index (χ2v) is 1.27. The summed E-state index contributed by atoms with van der Waals surface area (Å²) in [4.78, 5) is 0. The molecule has 0 aromatic rings.